The number of ether oxygens (including phenoxy) is 1. The first kappa shape index (κ1) is 16.0. The topological polar surface area (TPSA) is 63.2 Å². The number of aromatic nitrogens is 1. The van der Waals surface area contributed by atoms with Gasteiger partial charge in [0.1, 0.15) is 11.6 Å². The lowest BCUT2D eigenvalue weighted by molar-refractivity contribution is 0.0951. The van der Waals surface area contributed by atoms with E-state index in [-0.39, 0.29) is 5.91 Å². The molecule has 5 nitrogen and oxygen atoms in total. The molecule has 122 valence electrons. The lowest BCUT2D eigenvalue weighted by Crippen LogP contribution is -2.22. The molecule has 0 bridgehead atoms. The summed E-state index contributed by atoms with van der Waals surface area (Å²) < 4.78 is 5.76. The molecule has 0 saturated carbocycles. The third kappa shape index (κ3) is 4.11. The fourth-order valence-electron chi connectivity index (χ4n) is 2.06. The molecule has 0 aliphatic carbocycles. The SMILES string of the molecule is CNc1ccc(C(=O)NCc2ccc(Oc3ccccc3)s2)cn1. The Morgan fingerprint density at radius 1 is 1.12 bits per heavy atom. The van der Waals surface area contributed by atoms with Crippen molar-refractivity contribution in [2.24, 2.45) is 0 Å². The first-order chi connectivity index (χ1) is 11.7. The second-order valence-electron chi connectivity index (χ2n) is 5.00. The molecule has 24 heavy (non-hydrogen) atoms. The molecule has 0 radical (unpaired) electrons. The molecule has 0 aliphatic rings. The minimum atomic E-state index is -0.149. The Morgan fingerprint density at radius 2 is 1.96 bits per heavy atom. The van der Waals surface area contributed by atoms with Crippen LogP contribution >= 0.6 is 11.3 Å². The number of thiophene rings is 1. The molecule has 6 heteroatoms. The smallest absolute Gasteiger partial charge is 0.253 e. The maximum absolute atomic E-state index is 12.1. The zero-order chi connectivity index (χ0) is 16.8. The van der Waals surface area contributed by atoms with Crippen molar-refractivity contribution in [1.29, 1.82) is 0 Å². The molecule has 3 aromatic rings. The van der Waals surface area contributed by atoms with E-state index < -0.39 is 0 Å². The quantitative estimate of drug-likeness (QED) is 0.715. The predicted molar refractivity (Wildman–Crippen MR) is 95.8 cm³/mol. The molecule has 1 amide bonds. The number of hydrogen-bond acceptors (Lipinski definition) is 5. The molecule has 3 rings (SSSR count). The summed E-state index contributed by atoms with van der Waals surface area (Å²) in [6.07, 6.45) is 1.56. The Hall–Kier alpha value is -2.86. The monoisotopic (exact) mass is 339 g/mol. The summed E-state index contributed by atoms with van der Waals surface area (Å²) in [6, 6.07) is 17.0. The summed E-state index contributed by atoms with van der Waals surface area (Å²) in [5, 5.41) is 6.60. The highest BCUT2D eigenvalue weighted by molar-refractivity contribution is 7.13. The number of pyridine rings is 1. The largest absolute Gasteiger partial charge is 0.447 e. The molecular formula is C18H17N3O2S. The van der Waals surface area contributed by atoms with Gasteiger partial charge in [-0.2, -0.15) is 0 Å². The van der Waals surface area contributed by atoms with E-state index in [0.717, 1.165) is 21.5 Å². The Balaban J connectivity index is 1.55. The first-order valence-electron chi connectivity index (χ1n) is 7.48. The fourth-order valence-corrected chi connectivity index (χ4v) is 2.87. The van der Waals surface area contributed by atoms with Crippen molar-refractivity contribution in [2.75, 3.05) is 12.4 Å². The highest BCUT2D eigenvalue weighted by Gasteiger charge is 2.08. The third-order valence-electron chi connectivity index (χ3n) is 3.30. The number of rotatable bonds is 6. The van der Waals surface area contributed by atoms with Gasteiger partial charge in [0, 0.05) is 18.1 Å². The molecule has 0 unspecified atom stereocenters. The highest BCUT2D eigenvalue weighted by atomic mass is 32.1. The summed E-state index contributed by atoms with van der Waals surface area (Å²) in [7, 11) is 1.79. The second-order valence-corrected chi connectivity index (χ2v) is 6.13. The number of carbonyl (C=O) groups excluding carboxylic acids is 1. The average Bonchev–Trinajstić information content (AvgIpc) is 3.08. The van der Waals surface area contributed by atoms with E-state index in [2.05, 4.69) is 15.6 Å². The summed E-state index contributed by atoms with van der Waals surface area (Å²) in [5.74, 6) is 1.38. The molecule has 0 saturated heterocycles. The number of hydrogen-bond donors (Lipinski definition) is 2. The molecular weight excluding hydrogens is 322 g/mol. The summed E-state index contributed by atoms with van der Waals surface area (Å²) in [4.78, 5) is 17.3. The van der Waals surface area contributed by atoms with Gasteiger partial charge >= 0.3 is 0 Å². The standard InChI is InChI=1S/C18H17N3O2S/c1-19-16-9-7-13(11-20-16)18(22)21-12-15-8-10-17(24-15)23-14-5-3-2-4-6-14/h2-11H,12H2,1H3,(H,19,20)(H,21,22). The van der Waals surface area contributed by atoms with E-state index in [4.69, 9.17) is 4.74 Å². The average molecular weight is 339 g/mol. The Morgan fingerprint density at radius 3 is 2.67 bits per heavy atom. The molecule has 1 aromatic carbocycles. The van der Waals surface area contributed by atoms with Gasteiger partial charge < -0.3 is 15.4 Å². The number of carbonyl (C=O) groups is 1. The maximum atomic E-state index is 12.1. The minimum absolute atomic E-state index is 0.149. The van der Waals surface area contributed by atoms with Crippen LogP contribution in [-0.4, -0.2) is 17.9 Å². The van der Waals surface area contributed by atoms with E-state index in [0.29, 0.717) is 12.1 Å². The lowest BCUT2D eigenvalue weighted by atomic mass is 10.2. The Labute approximate surface area is 144 Å². The first-order valence-corrected chi connectivity index (χ1v) is 8.30. The highest BCUT2D eigenvalue weighted by Crippen LogP contribution is 2.29. The van der Waals surface area contributed by atoms with Gasteiger partial charge in [-0.25, -0.2) is 4.98 Å². The van der Waals surface area contributed by atoms with Gasteiger partial charge in [0.05, 0.1) is 12.1 Å². The van der Waals surface area contributed by atoms with Crippen LogP contribution in [0.25, 0.3) is 0 Å². The van der Waals surface area contributed by atoms with Crippen LogP contribution in [0.1, 0.15) is 15.2 Å². The van der Waals surface area contributed by atoms with Crippen LogP contribution in [0.5, 0.6) is 10.8 Å². The molecule has 0 aliphatic heterocycles. The zero-order valence-corrected chi connectivity index (χ0v) is 14.0. The number of nitrogens with zero attached hydrogens (tertiary/aromatic N) is 1. The number of anilines is 1. The summed E-state index contributed by atoms with van der Waals surface area (Å²) >= 11 is 1.51. The molecule has 2 aromatic heterocycles. The number of benzene rings is 1. The minimum Gasteiger partial charge on any atom is -0.447 e. The summed E-state index contributed by atoms with van der Waals surface area (Å²) in [6.45, 7) is 0.454. The van der Waals surface area contributed by atoms with Gasteiger partial charge in [0.2, 0.25) is 0 Å². The van der Waals surface area contributed by atoms with Crippen molar-refractivity contribution < 1.29 is 9.53 Å². The van der Waals surface area contributed by atoms with Crippen molar-refractivity contribution in [1.82, 2.24) is 10.3 Å². The molecule has 2 heterocycles. The van der Waals surface area contributed by atoms with Gasteiger partial charge in [-0.3, -0.25) is 4.79 Å². The second kappa shape index (κ2) is 7.61. The number of para-hydroxylation sites is 1. The van der Waals surface area contributed by atoms with Crippen LogP contribution in [0.3, 0.4) is 0 Å². The third-order valence-corrected chi connectivity index (χ3v) is 4.27. The predicted octanol–water partition coefficient (Wildman–Crippen LogP) is 3.91. The Kier molecular flexibility index (Phi) is 5.08. The van der Waals surface area contributed by atoms with Crippen LogP contribution in [0.2, 0.25) is 0 Å². The van der Waals surface area contributed by atoms with Crippen molar-refractivity contribution in [3.8, 4) is 10.8 Å². The zero-order valence-electron chi connectivity index (χ0n) is 13.2. The molecule has 0 fully saturated rings. The molecule has 2 N–H and O–H groups in total. The van der Waals surface area contributed by atoms with Crippen LogP contribution in [0, 0.1) is 0 Å². The van der Waals surface area contributed by atoms with Gasteiger partial charge in [-0.15, -0.1) is 11.3 Å². The van der Waals surface area contributed by atoms with Gasteiger partial charge in [-0.1, -0.05) is 18.2 Å². The van der Waals surface area contributed by atoms with Gasteiger partial charge in [0.15, 0.2) is 5.06 Å². The van der Waals surface area contributed by atoms with E-state index >= 15 is 0 Å². The van der Waals surface area contributed by atoms with Crippen LogP contribution in [0.15, 0.2) is 60.8 Å². The number of nitrogens with one attached hydrogen (secondary N) is 2. The fraction of sp³-hybridized carbons (Fsp3) is 0.111. The maximum Gasteiger partial charge on any atom is 0.253 e. The van der Waals surface area contributed by atoms with Crippen molar-refractivity contribution >= 4 is 23.1 Å². The number of amides is 1. The van der Waals surface area contributed by atoms with Crippen LogP contribution in [0.4, 0.5) is 5.82 Å². The van der Waals surface area contributed by atoms with Gasteiger partial charge in [0.25, 0.3) is 5.91 Å². The lowest BCUT2D eigenvalue weighted by Gasteiger charge is -2.04. The van der Waals surface area contributed by atoms with Crippen LogP contribution in [-0.2, 0) is 6.54 Å². The van der Waals surface area contributed by atoms with Crippen molar-refractivity contribution in [2.45, 2.75) is 6.54 Å². The van der Waals surface area contributed by atoms with E-state index in [1.54, 1.807) is 25.4 Å². The summed E-state index contributed by atoms with van der Waals surface area (Å²) in [5.41, 5.74) is 0.534. The Bertz CT molecular complexity index is 801. The van der Waals surface area contributed by atoms with E-state index in [1.807, 2.05) is 42.5 Å². The normalized spacial score (nSPS) is 10.2. The van der Waals surface area contributed by atoms with Gasteiger partial charge in [-0.05, 0) is 36.4 Å². The molecule has 0 atom stereocenters. The van der Waals surface area contributed by atoms with E-state index in [1.165, 1.54) is 11.3 Å². The molecule has 0 spiro atoms. The van der Waals surface area contributed by atoms with Crippen molar-refractivity contribution in [3.05, 3.63) is 71.2 Å². The van der Waals surface area contributed by atoms with E-state index in [9.17, 15) is 4.79 Å². The van der Waals surface area contributed by atoms with Crippen molar-refractivity contribution in [3.63, 3.8) is 0 Å². The van der Waals surface area contributed by atoms with Crippen LogP contribution < -0.4 is 15.4 Å².